The van der Waals surface area contributed by atoms with E-state index < -0.39 is 27.3 Å². The molecule has 0 unspecified atom stereocenters. The lowest BCUT2D eigenvalue weighted by atomic mass is 9.86. The van der Waals surface area contributed by atoms with Crippen LogP contribution in [-0.2, 0) is 19.3 Å². The molecule has 1 aliphatic rings. The summed E-state index contributed by atoms with van der Waals surface area (Å²) in [4.78, 5) is 24.0. The van der Waals surface area contributed by atoms with Crippen molar-refractivity contribution in [2.45, 2.75) is 102 Å². The third-order valence-corrected chi connectivity index (χ3v) is 9.22. The van der Waals surface area contributed by atoms with Crippen LogP contribution in [0.5, 0.6) is 0 Å². The van der Waals surface area contributed by atoms with E-state index in [9.17, 15) is 18.0 Å². The molecule has 2 aromatic rings. The second-order valence-electron chi connectivity index (χ2n) is 9.98. The molecule has 0 aliphatic heterocycles. The van der Waals surface area contributed by atoms with Gasteiger partial charge in [-0.15, -0.1) is 10.2 Å². The molecule has 1 aromatic carbocycles. The summed E-state index contributed by atoms with van der Waals surface area (Å²) in [6, 6.07) is 4.77. The lowest BCUT2D eigenvalue weighted by molar-refractivity contribution is 0.109. The van der Waals surface area contributed by atoms with Crippen molar-refractivity contribution in [1.29, 1.82) is 0 Å². The maximum absolute atomic E-state index is 13.2. The highest BCUT2D eigenvalue weighted by atomic mass is 32.2. The number of nitrogens with zero attached hydrogens (tertiary/aromatic N) is 2. The first kappa shape index (κ1) is 28.8. The van der Waals surface area contributed by atoms with Crippen LogP contribution in [0.25, 0.3) is 10.6 Å². The molecular weight excluding hydrogens is 516 g/mol. The van der Waals surface area contributed by atoms with Gasteiger partial charge < -0.3 is 14.8 Å². The van der Waals surface area contributed by atoms with E-state index in [4.69, 9.17) is 9.47 Å². The standard InChI is InChI=1S/C25H36N4O6S2/c1-14(2)34-24(30)26-18-9-7-17(8-10-18)22-28-29-23(36-22)20-12-11-19(27-25(31)35-15(3)4)13-21(20)37(32,33)16(5)6/h11-18H,7-10H2,1-6H3,(H,26,30)(H,27,31). The molecule has 0 saturated heterocycles. The van der Waals surface area contributed by atoms with Gasteiger partial charge >= 0.3 is 12.2 Å². The minimum absolute atomic E-state index is 0.0557. The number of anilines is 1. The van der Waals surface area contributed by atoms with E-state index in [0.29, 0.717) is 16.3 Å². The maximum atomic E-state index is 13.2. The minimum Gasteiger partial charge on any atom is -0.447 e. The van der Waals surface area contributed by atoms with Crippen molar-refractivity contribution in [3.63, 3.8) is 0 Å². The van der Waals surface area contributed by atoms with Crippen LogP contribution >= 0.6 is 11.3 Å². The Labute approximate surface area is 222 Å². The van der Waals surface area contributed by atoms with Gasteiger partial charge in [-0.2, -0.15) is 0 Å². The van der Waals surface area contributed by atoms with E-state index in [1.807, 2.05) is 13.8 Å². The topological polar surface area (TPSA) is 137 Å². The molecule has 0 atom stereocenters. The van der Waals surface area contributed by atoms with Crippen LogP contribution in [0.2, 0.25) is 0 Å². The predicted octanol–water partition coefficient (Wildman–Crippen LogP) is 5.50. The van der Waals surface area contributed by atoms with Crippen molar-refractivity contribution >= 4 is 39.0 Å². The maximum Gasteiger partial charge on any atom is 0.411 e. The van der Waals surface area contributed by atoms with Crippen LogP contribution in [0.15, 0.2) is 23.1 Å². The van der Waals surface area contributed by atoms with Crippen molar-refractivity contribution in [2.24, 2.45) is 0 Å². The number of nitrogens with one attached hydrogen (secondary N) is 2. The van der Waals surface area contributed by atoms with Crippen LogP contribution in [0.3, 0.4) is 0 Å². The zero-order chi connectivity index (χ0) is 27.3. The van der Waals surface area contributed by atoms with Gasteiger partial charge in [-0.3, -0.25) is 5.32 Å². The lowest BCUT2D eigenvalue weighted by Gasteiger charge is -2.27. The molecule has 37 heavy (non-hydrogen) atoms. The number of benzene rings is 1. The first-order chi connectivity index (χ1) is 17.4. The Morgan fingerprint density at radius 1 is 0.946 bits per heavy atom. The molecule has 1 aromatic heterocycles. The number of hydrogen-bond donors (Lipinski definition) is 2. The zero-order valence-electron chi connectivity index (χ0n) is 22.1. The molecule has 1 fully saturated rings. The van der Waals surface area contributed by atoms with Gasteiger partial charge in [0.2, 0.25) is 0 Å². The average Bonchev–Trinajstić information content (AvgIpc) is 3.28. The Hall–Kier alpha value is -2.73. The molecule has 0 bridgehead atoms. The Kier molecular flexibility index (Phi) is 9.51. The zero-order valence-corrected chi connectivity index (χ0v) is 23.7. The van der Waals surface area contributed by atoms with E-state index in [1.165, 1.54) is 17.4 Å². The molecule has 1 saturated carbocycles. The van der Waals surface area contributed by atoms with Gasteiger partial charge in [-0.25, -0.2) is 18.0 Å². The number of aromatic nitrogens is 2. The van der Waals surface area contributed by atoms with Crippen LogP contribution in [0.1, 0.15) is 78.2 Å². The second kappa shape index (κ2) is 12.2. The quantitative estimate of drug-likeness (QED) is 0.438. The first-order valence-electron chi connectivity index (χ1n) is 12.5. The Balaban J connectivity index is 1.79. The van der Waals surface area contributed by atoms with E-state index in [-0.39, 0.29) is 29.1 Å². The molecule has 204 valence electrons. The third kappa shape index (κ3) is 7.64. The molecule has 0 radical (unpaired) electrons. The summed E-state index contributed by atoms with van der Waals surface area (Å²) < 4.78 is 36.7. The number of alkyl carbamates (subject to hydrolysis) is 1. The SMILES string of the molecule is CC(C)OC(=O)Nc1ccc(-c2nnc(C3CCC(NC(=O)OC(C)C)CC3)s2)c(S(=O)(=O)C(C)C)c1. The second-order valence-corrected chi connectivity index (χ2v) is 13.5. The van der Waals surface area contributed by atoms with Gasteiger partial charge in [0.05, 0.1) is 22.4 Å². The van der Waals surface area contributed by atoms with Crippen LogP contribution < -0.4 is 10.6 Å². The molecule has 10 nitrogen and oxygen atoms in total. The number of sulfone groups is 1. The summed E-state index contributed by atoms with van der Waals surface area (Å²) in [5, 5.41) is 14.9. The van der Waals surface area contributed by atoms with Crippen molar-refractivity contribution in [1.82, 2.24) is 15.5 Å². The monoisotopic (exact) mass is 552 g/mol. The summed E-state index contributed by atoms with van der Waals surface area (Å²) in [7, 11) is -3.69. The summed E-state index contributed by atoms with van der Waals surface area (Å²) >= 11 is 1.38. The van der Waals surface area contributed by atoms with E-state index in [0.717, 1.165) is 30.7 Å². The number of ether oxygens (including phenoxy) is 2. The summed E-state index contributed by atoms with van der Waals surface area (Å²) in [6.45, 7) is 10.3. The number of rotatable bonds is 8. The predicted molar refractivity (Wildman–Crippen MR) is 143 cm³/mol. The highest BCUT2D eigenvalue weighted by molar-refractivity contribution is 7.92. The smallest absolute Gasteiger partial charge is 0.411 e. The van der Waals surface area contributed by atoms with Crippen molar-refractivity contribution < 1.29 is 27.5 Å². The molecule has 1 heterocycles. The molecule has 3 rings (SSSR count). The van der Waals surface area contributed by atoms with E-state index >= 15 is 0 Å². The highest BCUT2D eigenvalue weighted by Crippen LogP contribution is 2.39. The van der Waals surface area contributed by atoms with Gasteiger partial charge in [0.1, 0.15) is 10.0 Å². The number of carbonyl (C=O) groups excluding carboxylic acids is 2. The Bertz CT molecular complexity index is 1200. The average molecular weight is 553 g/mol. The number of amides is 2. The first-order valence-corrected chi connectivity index (χ1v) is 14.9. The molecule has 12 heteroatoms. The lowest BCUT2D eigenvalue weighted by Crippen LogP contribution is -2.38. The third-order valence-electron chi connectivity index (χ3n) is 5.91. The summed E-state index contributed by atoms with van der Waals surface area (Å²) in [5.41, 5.74) is 0.771. The van der Waals surface area contributed by atoms with Crippen molar-refractivity contribution in [3.05, 3.63) is 23.2 Å². The van der Waals surface area contributed by atoms with Gasteiger partial charge in [-0.1, -0.05) is 11.3 Å². The molecule has 0 spiro atoms. The van der Waals surface area contributed by atoms with Gasteiger partial charge in [0.15, 0.2) is 9.84 Å². The number of carbonyl (C=O) groups is 2. The summed E-state index contributed by atoms with van der Waals surface area (Å²) in [6.07, 6.45) is 1.73. The minimum atomic E-state index is -3.69. The fraction of sp³-hybridized carbons (Fsp3) is 0.600. The molecule has 2 amide bonds. The van der Waals surface area contributed by atoms with Crippen molar-refractivity contribution in [2.75, 3.05) is 5.32 Å². The van der Waals surface area contributed by atoms with Crippen LogP contribution in [0.4, 0.5) is 15.3 Å². The van der Waals surface area contributed by atoms with E-state index in [1.54, 1.807) is 39.8 Å². The Morgan fingerprint density at radius 2 is 1.57 bits per heavy atom. The summed E-state index contributed by atoms with van der Waals surface area (Å²) in [5.74, 6) is 0.183. The molecular formula is C25H36N4O6S2. The van der Waals surface area contributed by atoms with Gasteiger partial charge in [0.25, 0.3) is 0 Å². The number of hydrogen-bond acceptors (Lipinski definition) is 9. The van der Waals surface area contributed by atoms with Crippen LogP contribution in [0, 0.1) is 0 Å². The van der Waals surface area contributed by atoms with Gasteiger partial charge in [-0.05, 0) is 85.4 Å². The van der Waals surface area contributed by atoms with Crippen LogP contribution in [-0.4, -0.2) is 54.3 Å². The fourth-order valence-electron chi connectivity index (χ4n) is 4.04. The normalized spacial score (nSPS) is 18.2. The highest BCUT2D eigenvalue weighted by Gasteiger charge is 2.29. The van der Waals surface area contributed by atoms with Gasteiger partial charge in [0, 0.05) is 23.2 Å². The molecule has 1 aliphatic carbocycles. The fourth-order valence-corrected chi connectivity index (χ4v) is 6.42. The largest absolute Gasteiger partial charge is 0.447 e. The Morgan fingerprint density at radius 3 is 2.16 bits per heavy atom. The molecule has 2 N–H and O–H groups in total. The van der Waals surface area contributed by atoms with E-state index in [2.05, 4.69) is 20.8 Å². The van der Waals surface area contributed by atoms with Crippen molar-refractivity contribution in [3.8, 4) is 10.6 Å².